The molecule has 0 aromatic heterocycles. The summed E-state index contributed by atoms with van der Waals surface area (Å²) in [7, 11) is 0. The molecule has 2 nitrogen and oxygen atoms in total. The molecule has 2 heteroatoms. The Morgan fingerprint density at radius 3 is 3.14 bits per heavy atom. The molecule has 0 saturated carbocycles. The molecule has 0 spiro atoms. The quantitative estimate of drug-likeness (QED) is 0.687. The van der Waals surface area contributed by atoms with E-state index in [2.05, 4.69) is 17.5 Å². The lowest BCUT2D eigenvalue weighted by atomic mass is 10.1. The average molecular weight is 191 g/mol. The van der Waals surface area contributed by atoms with Gasteiger partial charge in [-0.05, 0) is 25.0 Å². The zero-order valence-corrected chi connectivity index (χ0v) is 8.41. The Hall–Kier alpha value is -1.02. The van der Waals surface area contributed by atoms with Crippen LogP contribution in [0, 0.1) is 0 Å². The van der Waals surface area contributed by atoms with Crippen LogP contribution in [0.25, 0.3) is 0 Å². The molecular weight excluding hydrogens is 174 g/mol. The largest absolute Gasteiger partial charge is 0.372 e. The molecule has 14 heavy (non-hydrogen) atoms. The van der Waals surface area contributed by atoms with Crippen molar-refractivity contribution >= 4 is 0 Å². The molecule has 2 rings (SSSR count). The van der Waals surface area contributed by atoms with Crippen LogP contribution in [0.4, 0.5) is 0 Å². The van der Waals surface area contributed by atoms with Crippen molar-refractivity contribution in [2.24, 2.45) is 0 Å². The smallest absolute Gasteiger partial charge is 0.0972 e. The Bertz CT molecular complexity index is 257. The third kappa shape index (κ3) is 2.48. The van der Waals surface area contributed by atoms with E-state index >= 15 is 0 Å². The third-order valence-electron chi connectivity index (χ3n) is 2.62. The van der Waals surface area contributed by atoms with Crippen molar-refractivity contribution in [1.82, 2.24) is 5.32 Å². The zero-order valence-electron chi connectivity index (χ0n) is 8.41. The van der Waals surface area contributed by atoms with Crippen LogP contribution in [0.1, 0.15) is 25.7 Å². The second-order valence-electron chi connectivity index (χ2n) is 3.72. The Labute approximate surface area is 85.3 Å². The van der Waals surface area contributed by atoms with Crippen molar-refractivity contribution in [3.8, 4) is 0 Å². The predicted molar refractivity (Wildman–Crippen MR) is 57.7 cm³/mol. The van der Waals surface area contributed by atoms with Gasteiger partial charge in [-0.1, -0.05) is 25.0 Å². The number of ether oxygens (including phenoxy) is 1. The van der Waals surface area contributed by atoms with Crippen molar-refractivity contribution in [2.45, 2.75) is 31.8 Å². The number of allylic oxidation sites excluding steroid dienone is 4. The molecule has 1 saturated heterocycles. The van der Waals surface area contributed by atoms with Gasteiger partial charge in [0.2, 0.25) is 0 Å². The maximum Gasteiger partial charge on any atom is 0.0972 e. The molecule has 0 bridgehead atoms. The van der Waals surface area contributed by atoms with Crippen LogP contribution < -0.4 is 5.32 Å². The second kappa shape index (κ2) is 5.01. The lowest BCUT2D eigenvalue weighted by Crippen LogP contribution is -2.22. The first kappa shape index (κ1) is 9.53. The van der Waals surface area contributed by atoms with Gasteiger partial charge < -0.3 is 10.1 Å². The number of hydrogen-bond donors (Lipinski definition) is 1. The fraction of sp³-hybridized carbons (Fsp3) is 0.500. The molecule has 1 N–H and O–H groups in total. The van der Waals surface area contributed by atoms with Crippen molar-refractivity contribution in [2.75, 3.05) is 6.61 Å². The fourth-order valence-electron chi connectivity index (χ4n) is 1.83. The van der Waals surface area contributed by atoms with E-state index < -0.39 is 0 Å². The van der Waals surface area contributed by atoms with E-state index in [1.165, 1.54) is 25.0 Å². The van der Waals surface area contributed by atoms with Crippen LogP contribution in [0.2, 0.25) is 0 Å². The number of rotatable bonds is 1. The Morgan fingerprint density at radius 2 is 2.14 bits per heavy atom. The van der Waals surface area contributed by atoms with E-state index in [0.717, 1.165) is 13.0 Å². The lowest BCUT2D eigenvalue weighted by Gasteiger charge is -2.18. The van der Waals surface area contributed by atoms with E-state index in [-0.39, 0.29) is 6.10 Å². The van der Waals surface area contributed by atoms with Crippen LogP contribution in [0.5, 0.6) is 0 Å². The minimum Gasteiger partial charge on any atom is -0.372 e. The molecule has 2 heterocycles. The van der Waals surface area contributed by atoms with Gasteiger partial charge in [-0.3, -0.25) is 0 Å². The summed E-state index contributed by atoms with van der Waals surface area (Å²) in [5.74, 6) is 0. The van der Waals surface area contributed by atoms with Gasteiger partial charge in [-0.15, -0.1) is 0 Å². The molecule has 76 valence electrons. The van der Waals surface area contributed by atoms with Gasteiger partial charge >= 0.3 is 0 Å². The molecule has 2 aliphatic rings. The molecule has 1 fully saturated rings. The lowest BCUT2D eigenvalue weighted by molar-refractivity contribution is 0.0803. The van der Waals surface area contributed by atoms with E-state index in [1.807, 2.05) is 18.4 Å². The number of hydrogen-bond acceptors (Lipinski definition) is 2. The van der Waals surface area contributed by atoms with Crippen molar-refractivity contribution in [3.05, 3.63) is 36.2 Å². The molecule has 0 amide bonds. The molecular formula is C12H17NO. The Morgan fingerprint density at radius 1 is 1.14 bits per heavy atom. The molecule has 0 aromatic carbocycles. The van der Waals surface area contributed by atoms with Crippen LogP contribution >= 0.6 is 0 Å². The van der Waals surface area contributed by atoms with Gasteiger partial charge in [0, 0.05) is 18.5 Å². The van der Waals surface area contributed by atoms with Crippen molar-refractivity contribution in [1.29, 1.82) is 0 Å². The minimum absolute atomic E-state index is 0.268. The summed E-state index contributed by atoms with van der Waals surface area (Å²) < 4.78 is 5.80. The highest BCUT2D eigenvalue weighted by Gasteiger charge is 2.16. The molecule has 0 radical (unpaired) electrons. The van der Waals surface area contributed by atoms with E-state index in [1.54, 1.807) is 0 Å². The molecule has 0 aliphatic carbocycles. The maximum atomic E-state index is 5.80. The van der Waals surface area contributed by atoms with Gasteiger partial charge in [-0.2, -0.15) is 0 Å². The van der Waals surface area contributed by atoms with Gasteiger partial charge in [0.1, 0.15) is 0 Å². The summed E-state index contributed by atoms with van der Waals surface area (Å²) in [6.07, 6.45) is 15.3. The van der Waals surface area contributed by atoms with Crippen molar-refractivity contribution < 1.29 is 4.74 Å². The van der Waals surface area contributed by atoms with E-state index in [0.29, 0.717) is 0 Å². The van der Waals surface area contributed by atoms with Gasteiger partial charge in [0.25, 0.3) is 0 Å². The molecule has 1 unspecified atom stereocenters. The van der Waals surface area contributed by atoms with Crippen LogP contribution in [0.15, 0.2) is 36.2 Å². The molecule has 0 aromatic rings. The summed E-state index contributed by atoms with van der Waals surface area (Å²) in [5.41, 5.74) is 1.19. The average Bonchev–Trinajstić information content (AvgIpc) is 2.62. The standard InChI is InChI=1S/C12H17NO/c1-3-7-11(13-9-5-1)12-8-4-2-6-10-14-12/h1,3,5,7,9,12-13H,2,4,6,8,10H2. The highest BCUT2D eigenvalue weighted by molar-refractivity contribution is 5.23. The van der Waals surface area contributed by atoms with Gasteiger partial charge in [0.05, 0.1) is 6.10 Å². The highest BCUT2D eigenvalue weighted by Crippen LogP contribution is 2.18. The SMILES string of the molecule is C1=CC=C(C2CCCCCO2)NC=C1. The summed E-state index contributed by atoms with van der Waals surface area (Å²) in [5, 5.41) is 3.27. The van der Waals surface area contributed by atoms with Gasteiger partial charge in [0.15, 0.2) is 0 Å². The summed E-state index contributed by atoms with van der Waals surface area (Å²) in [6.45, 7) is 0.900. The normalized spacial score (nSPS) is 27.4. The first-order valence-electron chi connectivity index (χ1n) is 5.38. The monoisotopic (exact) mass is 191 g/mol. The second-order valence-corrected chi connectivity index (χ2v) is 3.72. The van der Waals surface area contributed by atoms with E-state index in [9.17, 15) is 0 Å². The zero-order chi connectivity index (χ0) is 9.64. The summed E-state index contributed by atoms with van der Waals surface area (Å²) in [6, 6.07) is 0. The van der Waals surface area contributed by atoms with Crippen LogP contribution in [0.3, 0.4) is 0 Å². The summed E-state index contributed by atoms with van der Waals surface area (Å²) >= 11 is 0. The van der Waals surface area contributed by atoms with Crippen LogP contribution in [-0.4, -0.2) is 12.7 Å². The Balaban J connectivity index is 2.01. The predicted octanol–water partition coefficient (Wildman–Crippen LogP) is 2.50. The minimum atomic E-state index is 0.268. The maximum absolute atomic E-state index is 5.80. The van der Waals surface area contributed by atoms with E-state index in [4.69, 9.17) is 4.74 Å². The van der Waals surface area contributed by atoms with Crippen LogP contribution in [-0.2, 0) is 4.74 Å². The molecule has 1 atom stereocenters. The van der Waals surface area contributed by atoms with Gasteiger partial charge in [-0.25, -0.2) is 0 Å². The summed E-state index contributed by atoms with van der Waals surface area (Å²) in [4.78, 5) is 0. The van der Waals surface area contributed by atoms with Crippen molar-refractivity contribution in [3.63, 3.8) is 0 Å². The fourth-order valence-corrected chi connectivity index (χ4v) is 1.83. The third-order valence-corrected chi connectivity index (χ3v) is 2.62. The first-order valence-corrected chi connectivity index (χ1v) is 5.38. The first-order chi connectivity index (χ1) is 6.97. The molecule has 2 aliphatic heterocycles. The topological polar surface area (TPSA) is 21.3 Å². The number of nitrogens with one attached hydrogen (secondary N) is 1. The Kier molecular flexibility index (Phi) is 3.41. The highest BCUT2D eigenvalue weighted by atomic mass is 16.5.